The zero-order chi connectivity index (χ0) is 20.7. The van der Waals surface area contributed by atoms with Crippen LogP contribution in [0.3, 0.4) is 0 Å². The minimum Gasteiger partial charge on any atom is -0.467 e. The van der Waals surface area contributed by atoms with Crippen LogP contribution in [0.15, 0.2) is 29.0 Å². The number of rotatable bonds is 8. The van der Waals surface area contributed by atoms with Gasteiger partial charge in [-0.3, -0.25) is 4.79 Å². The van der Waals surface area contributed by atoms with E-state index in [-0.39, 0.29) is 11.3 Å². The summed E-state index contributed by atoms with van der Waals surface area (Å²) in [6, 6.07) is 3.73. The van der Waals surface area contributed by atoms with Gasteiger partial charge in [-0.05, 0) is 56.8 Å². The fourth-order valence-electron chi connectivity index (χ4n) is 3.49. The average molecular weight is 400 g/mol. The molecule has 7 nitrogen and oxygen atoms in total. The van der Waals surface area contributed by atoms with E-state index >= 15 is 0 Å². The number of furan rings is 1. The number of piperidine rings is 1. The van der Waals surface area contributed by atoms with Crippen LogP contribution in [0.25, 0.3) is 0 Å². The molecule has 0 saturated carbocycles. The van der Waals surface area contributed by atoms with E-state index in [9.17, 15) is 4.79 Å². The summed E-state index contributed by atoms with van der Waals surface area (Å²) in [6.07, 6.45) is 7.90. The number of hydrogen-bond donors (Lipinski definition) is 3. The number of amides is 1. The fraction of sp³-hybridized carbons (Fsp3) is 0.591. The van der Waals surface area contributed by atoms with Crippen molar-refractivity contribution in [1.82, 2.24) is 20.6 Å². The number of carbonyl (C=O) groups is 1. The molecule has 1 amide bonds. The summed E-state index contributed by atoms with van der Waals surface area (Å²) in [6.45, 7) is 9.51. The topological polar surface area (TPSA) is 92.1 Å². The molecule has 1 atom stereocenters. The Bertz CT molecular complexity index is 777. The Hall–Kier alpha value is -2.41. The monoisotopic (exact) mass is 399 g/mol. The van der Waals surface area contributed by atoms with Crippen LogP contribution in [0.1, 0.15) is 68.4 Å². The number of nitrogens with zero attached hydrogens (tertiary/aromatic N) is 2. The van der Waals surface area contributed by atoms with Crippen LogP contribution >= 0.6 is 0 Å². The molecule has 1 saturated heterocycles. The molecule has 2 aromatic heterocycles. The average Bonchev–Trinajstić information content (AvgIpc) is 3.23. The minimum absolute atomic E-state index is 0.144. The predicted molar refractivity (Wildman–Crippen MR) is 114 cm³/mol. The second-order valence-electron chi connectivity index (χ2n) is 8.75. The third-order valence-electron chi connectivity index (χ3n) is 5.19. The molecule has 1 aliphatic heterocycles. The smallest absolute Gasteiger partial charge is 0.256 e. The van der Waals surface area contributed by atoms with Gasteiger partial charge in [-0.15, -0.1) is 0 Å². The van der Waals surface area contributed by atoms with Gasteiger partial charge in [0, 0.05) is 18.2 Å². The van der Waals surface area contributed by atoms with E-state index in [1.807, 2.05) is 12.1 Å². The highest BCUT2D eigenvalue weighted by Gasteiger charge is 2.22. The number of carbonyl (C=O) groups excluding carboxylic acids is 1. The van der Waals surface area contributed by atoms with Crippen molar-refractivity contribution in [1.29, 1.82) is 0 Å². The second-order valence-corrected chi connectivity index (χ2v) is 8.75. The highest BCUT2D eigenvalue weighted by Crippen LogP contribution is 2.22. The van der Waals surface area contributed by atoms with E-state index in [2.05, 4.69) is 46.7 Å². The number of anilines is 1. The molecule has 7 heteroatoms. The van der Waals surface area contributed by atoms with Gasteiger partial charge < -0.3 is 20.4 Å². The Balaban J connectivity index is 1.61. The van der Waals surface area contributed by atoms with Crippen molar-refractivity contribution in [2.24, 2.45) is 5.92 Å². The Kier molecular flexibility index (Phi) is 7.25. The molecule has 1 unspecified atom stereocenters. The summed E-state index contributed by atoms with van der Waals surface area (Å²) in [5, 5.41) is 9.71. The molecule has 0 spiro atoms. The van der Waals surface area contributed by atoms with Crippen molar-refractivity contribution >= 4 is 11.7 Å². The molecule has 3 N–H and O–H groups in total. The summed E-state index contributed by atoms with van der Waals surface area (Å²) < 4.78 is 5.38. The molecule has 1 aliphatic rings. The van der Waals surface area contributed by atoms with E-state index in [0.29, 0.717) is 30.3 Å². The maximum absolute atomic E-state index is 12.8. The third-order valence-corrected chi connectivity index (χ3v) is 5.19. The van der Waals surface area contributed by atoms with E-state index in [1.54, 1.807) is 12.5 Å². The first kappa shape index (κ1) is 21.3. The van der Waals surface area contributed by atoms with Crippen molar-refractivity contribution < 1.29 is 9.21 Å². The van der Waals surface area contributed by atoms with Gasteiger partial charge in [0.15, 0.2) is 0 Å². The number of nitrogens with one attached hydrogen (secondary N) is 3. The minimum atomic E-state index is -0.204. The fourth-order valence-corrected chi connectivity index (χ4v) is 3.49. The predicted octanol–water partition coefficient (Wildman–Crippen LogP) is 3.49. The molecule has 158 valence electrons. The molecule has 1 fully saturated rings. The summed E-state index contributed by atoms with van der Waals surface area (Å²) >= 11 is 0. The van der Waals surface area contributed by atoms with Crippen LogP contribution in [0.2, 0.25) is 0 Å². The summed E-state index contributed by atoms with van der Waals surface area (Å²) in [5.41, 5.74) is 0.258. The summed E-state index contributed by atoms with van der Waals surface area (Å²) in [5.74, 6) is 2.60. The largest absolute Gasteiger partial charge is 0.467 e. The molecule has 0 aliphatic carbocycles. The quantitative estimate of drug-likeness (QED) is 0.589. The zero-order valence-corrected chi connectivity index (χ0v) is 17.8. The zero-order valence-electron chi connectivity index (χ0n) is 17.8. The van der Waals surface area contributed by atoms with Crippen LogP contribution in [0, 0.1) is 5.92 Å². The van der Waals surface area contributed by atoms with Gasteiger partial charge in [0.05, 0.1) is 12.8 Å². The van der Waals surface area contributed by atoms with Crippen LogP contribution < -0.4 is 16.0 Å². The van der Waals surface area contributed by atoms with Gasteiger partial charge in [-0.2, -0.15) is 0 Å². The first-order valence-electron chi connectivity index (χ1n) is 10.6. The van der Waals surface area contributed by atoms with Crippen LogP contribution in [-0.4, -0.2) is 35.5 Å². The lowest BCUT2D eigenvalue weighted by Crippen LogP contribution is -2.31. The van der Waals surface area contributed by atoms with Crippen molar-refractivity contribution in [2.45, 2.75) is 58.4 Å². The van der Waals surface area contributed by atoms with Crippen molar-refractivity contribution in [3.8, 4) is 0 Å². The highest BCUT2D eigenvalue weighted by atomic mass is 16.3. The SMILES string of the molecule is CC(C)(C)c1ncc(C(=O)NCCCC2CCCNC2)c(NCc2ccco2)n1. The molecular formula is C22H33N5O2. The molecule has 3 heterocycles. The molecule has 0 bridgehead atoms. The summed E-state index contributed by atoms with van der Waals surface area (Å²) in [4.78, 5) is 21.8. The molecule has 3 rings (SSSR count). The first-order chi connectivity index (χ1) is 13.9. The number of aromatic nitrogens is 2. The van der Waals surface area contributed by atoms with Crippen molar-refractivity contribution in [3.05, 3.63) is 41.7 Å². The van der Waals surface area contributed by atoms with Gasteiger partial charge >= 0.3 is 0 Å². The molecular weight excluding hydrogens is 366 g/mol. The van der Waals surface area contributed by atoms with Gasteiger partial charge in [-0.25, -0.2) is 9.97 Å². The highest BCUT2D eigenvalue weighted by molar-refractivity contribution is 5.98. The van der Waals surface area contributed by atoms with Gasteiger partial charge in [0.25, 0.3) is 5.91 Å². The maximum Gasteiger partial charge on any atom is 0.256 e. The lowest BCUT2D eigenvalue weighted by Gasteiger charge is -2.22. The normalized spacial score (nSPS) is 17.1. The van der Waals surface area contributed by atoms with Crippen LogP contribution in [0.5, 0.6) is 0 Å². The van der Waals surface area contributed by atoms with E-state index in [1.165, 1.54) is 12.8 Å². The van der Waals surface area contributed by atoms with Crippen LogP contribution in [-0.2, 0) is 12.0 Å². The maximum atomic E-state index is 12.8. The second kappa shape index (κ2) is 9.87. The summed E-state index contributed by atoms with van der Waals surface area (Å²) in [7, 11) is 0. The lowest BCUT2D eigenvalue weighted by atomic mass is 9.95. The van der Waals surface area contributed by atoms with Crippen molar-refractivity contribution in [2.75, 3.05) is 25.0 Å². The van der Waals surface area contributed by atoms with Gasteiger partial charge in [0.2, 0.25) is 0 Å². The first-order valence-corrected chi connectivity index (χ1v) is 10.6. The third kappa shape index (κ3) is 6.29. The van der Waals surface area contributed by atoms with Crippen LogP contribution in [0.4, 0.5) is 5.82 Å². The van der Waals surface area contributed by atoms with Crippen molar-refractivity contribution in [3.63, 3.8) is 0 Å². The molecule has 0 radical (unpaired) electrons. The van der Waals surface area contributed by atoms with E-state index < -0.39 is 0 Å². The molecule has 0 aromatic carbocycles. The molecule has 29 heavy (non-hydrogen) atoms. The van der Waals surface area contributed by atoms with Gasteiger partial charge in [0.1, 0.15) is 23.0 Å². The lowest BCUT2D eigenvalue weighted by molar-refractivity contribution is 0.0952. The Morgan fingerprint density at radius 1 is 1.38 bits per heavy atom. The van der Waals surface area contributed by atoms with E-state index in [4.69, 9.17) is 4.42 Å². The standard InChI is InChI=1S/C22H33N5O2/c1-22(2,3)21-26-15-18(19(27-21)25-14-17-9-6-12-29-17)20(28)24-11-5-8-16-7-4-10-23-13-16/h6,9,12,15-16,23H,4-5,7-8,10-11,13-14H2,1-3H3,(H,24,28)(H,25,26,27). The Morgan fingerprint density at radius 2 is 2.24 bits per heavy atom. The Labute approximate surface area is 173 Å². The Morgan fingerprint density at radius 3 is 2.93 bits per heavy atom. The molecule has 2 aromatic rings. The van der Waals surface area contributed by atoms with Gasteiger partial charge in [-0.1, -0.05) is 20.8 Å². The van der Waals surface area contributed by atoms with E-state index in [0.717, 1.165) is 37.6 Å². The number of hydrogen-bond acceptors (Lipinski definition) is 6.